The third kappa shape index (κ3) is 2.58. The summed E-state index contributed by atoms with van der Waals surface area (Å²) in [6.45, 7) is 4.75. The van der Waals surface area contributed by atoms with Crippen LogP contribution in [0.5, 0.6) is 0 Å². The molecule has 106 valence electrons. The molecular formula is C17H22N2O. The van der Waals surface area contributed by atoms with Crippen molar-refractivity contribution >= 4 is 5.88 Å². The van der Waals surface area contributed by atoms with E-state index in [1.807, 2.05) is 0 Å². The van der Waals surface area contributed by atoms with Gasteiger partial charge in [0.25, 0.3) is 0 Å². The SMILES string of the molecule is CC1(C)CCCC(c2cccc(-c3cnoc3N)c2)C1. The lowest BCUT2D eigenvalue weighted by Crippen LogP contribution is -2.21. The molecule has 0 bridgehead atoms. The van der Waals surface area contributed by atoms with Crippen LogP contribution in [-0.2, 0) is 0 Å². The van der Waals surface area contributed by atoms with Gasteiger partial charge in [0.1, 0.15) is 0 Å². The van der Waals surface area contributed by atoms with Crippen LogP contribution in [0, 0.1) is 5.41 Å². The molecule has 1 unspecified atom stereocenters. The third-order valence-electron chi connectivity index (χ3n) is 4.47. The minimum absolute atomic E-state index is 0.395. The molecule has 1 fully saturated rings. The first-order chi connectivity index (χ1) is 9.55. The molecule has 0 amide bonds. The van der Waals surface area contributed by atoms with Crippen molar-refractivity contribution in [1.29, 1.82) is 0 Å². The Bertz CT molecular complexity index is 601. The predicted molar refractivity (Wildman–Crippen MR) is 81.3 cm³/mol. The van der Waals surface area contributed by atoms with Crippen molar-refractivity contribution in [2.75, 3.05) is 5.73 Å². The maximum Gasteiger partial charge on any atom is 0.229 e. The molecule has 1 atom stereocenters. The molecule has 1 aliphatic rings. The Hall–Kier alpha value is -1.77. The van der Waals surface area contributed by atoms with E-state index in [4.69, 9.17) is 10.3 Å². The predicted octanol–water partition coefficient (Wildman–Crippen LogP) is 4.61. The van der Waals surface area contributed by atoms with Crippen LogP contribution in [0.15, 0.2) is 35.0 Å². The molecule has 0 saturated heterocycles. The van der Waals surface area contributed by atoms with Crippen LogP contribution in [0.1, 0.15) is 51.0 Å². The molecule has 0 spiro atoms. The summed E-state index contributed by atoms with van der Waals surface area (Å²) < 4.78 is 4.97. The Morgan fingerprint density at radius 2 is 2.20 bits per heavy atom. The molecule has 20 heavy (non-hydrogen) atoms. The maximum absolute atomic E-state index is 5.82. The van der Waals surface area contributed by atoms with E-state index in [2.05, 4.69) is 43.3 Å². The number of anilines is 1. The second-order valence-electron chi connectivity index (χ2n) is 6.69. The Morgan fingerprint density at radius 3 is 2.90 bits per heavy atom. The van der Waals surface area contributed by atoms with Crippen molar-refractivity contribution in [3.63, 3.8) is 0 Å². The van der Waals surface area contributed by atoms with Crippen molar-refractivity contribution in [1.82, 2.24) is 5.16 Å². The molecule has 3 nitrogen and oxygen atoms in total. The number of nitrogens with zero attached hydrogens (tertiary/aromatic N) is 1. The number of benzene rings is 1. The fourth-order valence-corrected chi connectivity index (χ4v) is 3.41. The van der Waals surface area contributed by atoms with E-state index in [-0.39, 0.29) is 0 Å². The summed E-state index contributed by atoms with van der Waals surface area (Å²) in [5.41, 5.74) is 9.67. The lowest BCUT2D eigenvalue weighted by Gasteiger charge is -2.35. The third-order valence-corrected chi connectivity index (χ3v) is 4.47. The van der Waals surface area contributed by atoms with Gasteiger partial charge in [-0.1, -0.05) is 49.7 Å². The Kier molecular flexibility index (Phi) is 3.28. The fraction of sp³-hybridized carbons (Fsp3) is 0.471. The van der Waals surface area contributed by atoms with Gasteiger partial charge in [-0.2, -0.15) is 0 Å². The monoisotopic (exact) mass is 270 g/mol. The van der Waals surface area contributed by atoms with Crippen LogP contribution in [0.2, 0.25) is 0 Å². The van der Waals surface area contributed by atoms with Gasteiger partial charge in [-0.15, -0.1) is 0 Å². The lowest BCUT2D eigenvalue weighted by atomic mass is 9.70. The Labute approximate surface area is 120 Å². The minimum Gasteiger partial charge on any atom is -0.367 e. The Morgan fingerprint density at radius 1 is 1.35 bits per heavy atom. The van der Waals surface area contributed by atoms with Crippen LogP contribution < -0.4 is 5.73 Å². The Balaban J connectivity index is 1.90. The number of aromatic nitrogens is 1. The van der Waals surface area contributed by atoms with E-state index in [1.165, 1.54) is 31.2 Å². The van der Waals surface area contributed by atoms with E-state index >= 15 is 0 Å². The smallest absolute Gasteiger partial charge is 0.229 e. The van der Waals surface area contributed by atoms with Gasteiger partial charge in [0.15, 0.2) is 0 Å². The highest BCUT2D eigenvalue weighted by atomic mass is 16.5. The highest BCUT2D eigenvalue weighted by molar-refractivity contribution is 5.72. The highest BCUT2D eigenvalue weighted by Gasteiger charge is 2.28. The van der Waals surface area contributed by atoms with Gasteiger partial charge in [0.2, 0.25) is 5.88 Å². The second-order valence-corrected chi connectivity index (χ2v) is 6.69. The zero-order chi connectivity index (χ0) is 14.2. The molecule has 2 aromatic rings. The summed E-state index contributed by atoms with van der Waals surface area (Å²) in [6.07, 6.45) is 6.89. The molecule has 0 aliphatic heterocycles. The standard InChI is InChI=1S/C17H22N2O/c1-17(2)8-4-7-14(10-17)12-5-3-6-13(9-12)15-11-19-20-16(15)18/h3,5-6,9,11,14H,4,7-8,10,18H2,1-2H3. The summed E-state index contributed by atoms with van der Waals surface area (Å²) in [7, 11) is 0. The zero-order valence-electron chi connectivity index (χ0n) is 12.2. The number of hydrogen-bond donors (Lipinski definition) is 1. The van der Waals surface area contributed by atoms with Gasteiger partial charge in [-0.05, 0) is 41.7 Å². The van der Waals surface area contributed by atoms with Gasteiger partial charge in [0, 0.05) is 0 Å². The van der Waals surface area contributed by atoms with Gasteiger partial charge in [0.05, 0.1) is 11.8 Å². The van der Waals surface area contributed by atoms with Gasteiger partial charge >= 0.3 is 0 Å². The van der Waals surface area contributed by atoms with Crippen LogP contribution in [0.4, 0.5) is 5.88 Å². The van der Waals surface area contributed by atoms with Crippen molar-refractivity contribution in [2.24, 2.45) is 5.41 Å². The molecule has 1 aromatic carbocycles. The van der Waals surface area contributed by atoms with Gasteiger partial charge < -0.3 is 10.3 Å². The molecule has 2 N–H and O–H groups in total. The van der Waals surface area contributed by atoms with E-state index in [9.17, 15) is 0 Å². The quantitative estimate of drug-likeness (QED) is 0.867. The van der Waals surface area contributed by atoms with E-state index in [1.54, 1.807) is 6.20 Å². The van der Waals surface area contributed by atoms with Crippen molar-refractivity contribution in [2.45, 2.75) is 45.4 Å². The average Bonchev–Trinajstić information content (AvgIpc) is 2.84. The summed E-state index contributed by atoms with van der Waals surface area (Å²) in [4.78, 5) is 0. The average molecular weight is 270 g/mol. The summed E-state index contributed by atoms with van der Waals surface area (Å²) >= 11 is 0. The first-order valence-electron chi connectivity index (χ1n) is 7.36. The molecule has 1 aromatic heterocycles. The molecule has 0 radical (unpaired) electrons. The normalized spacial score (nSPS) is 21.8. The number of hydrogen-bond acceptors (Lipinski definition) is 3. The molecule has 1 aliphatic carbocycles. The van der Waals surface area contributed by atoms with Crippen molar-refractivity contribution < 1.29 is 4.52 Å². The topological polar surface area (TPSA) is 52.0 Å². The van der Waals surface area contributed by atoms with Crippen molar-refractivity contribution in [3.8, 4) is 11.1 Å². The van der Waals surface area contributed by atoms with Crippen molar-refractivity contribution in [3.05, 3.63) is 36.0 Å². The molecule has 3 heteroatoms. The zero-order valence-corrected chi connectivity index (χ0v) is 12.2. The van der Waals surface area contributed by atoms with Crippen LogP contribution in [-0.4, -0.2) is 5.16 Å². The van der Waals surface area contributed by atoms with Crippen LogP contribution >= 0.6 is 0 Å². The summed E-state index contributed by atoms with van der Waals surface area (Å²) in [5.74, 6) is 1.05. The van der Waals surface area contributed by atoms with E-state index in [0.29, 0.717) is 17.2 Å². The molecule has 1 saturated carbocycles. The van der Waals surface area contributed by atoms with Gasteiger partial charge in [-0.25, -0.2) is 0 Å². The number of nitrogen functional groups attached to an aromatic ring is 1. The lowest BCUT2D eigenvalue weighted by molar-refractivity contribution is 0.219. The number of nitrogens with two attached hydrogens (primary N) is 1. The molecule has 3 rings (SSSR count). The first-order valence-corrected chi connectivity index (χ1v) is 7.36. The molecular weight excluding hydrogens is 248 g/mol. The van der Waals surface area contributed by atoms with Crippen LogP contribution in [0.3, 0.4) is 0 Å². The first kappa shape index (κ1) is 13.2. The van der Waals surface area contributed by atoms with E-state index < -0.39 is 0 Å². The minimum atomic E-state index is 0.395. The fourth-order valence-electron chi connectivity index (χ4n) is 3.41. The second kappa shape index (κ2) is 4.97. The molecule has 1 heterocycles. The largest absolute Gasteiger partial charge is 0.367 e. The summed E-state index contributed by atoms with van der Waals surface area (Å²) in [6, 6.07) is 8.66. The van der Waals surface area contributed by atoms with E-state index in [0.717, 1.165) is 11.1 Å². The van der Waals surface area contributed by atoms with Crippen LogP contribution in [0.25, 0.3) is 11.1 Å². The maximum atomic E-state index is 5.82. The summed E-state index contributed by atoms with van der Waals surface area (Å²) in [5, 5.41) is 3.76. The highest BCUT2D eigenvalue weighted by Crippen LogP contribution is 2.44. The number of rotatable bonds is 2. The van der Waals surface area contributed by atoms with Gasteiger partial charge in [-0.3, -0.25) is 0 Å².